The van der Waals surface area contributed by atoms with Crippen molar-refractivity contribution < 1.29 is 23.7 Å². The minimum atomic E-state index is -0.895. The number of anilines is 1. The number of methoxy groups -OCH3 is 2. The Kier molecular flexibility index (Phi) is 6.44. The van der Waals surface area contributed by atoms with Gasteiger partial charge < -0.3 is 29.6 Å². The van der Waals surface area contributed by atoms with Crippen LogP contribution in [-0.4, -0.2) is 51.9 Å². The van der Waals surface area contributed by atoms with E-state index < -0.39 is 17.9 Å². The van der Waals surface area contributed by atoms with Gasteiger partial charge in [0.15, 0.2) is 5.79 Å². The van der Waals surface area contributed by atoms with Crippen LogP contribution in [-0.2, 0) is 14.2 Å². The maximum atomic E-state index is 12.3. The number of carbonyl (C=O) groups is 1. The normalized spacial score (nSPS) is 19.1. The predicted molar refractivity (Wildman–Crippen MR) is 88.9 cm³/mol. The van der Waals surface area contributed by atoms with Gasteiger partial charge in [-0.1, -0.05) is 12.0 Å². The first kappa shape index (κ1) is 18.1. The van der Waals surface area contributed by atoms with Crippen molar-refractivity contribution in [1.82, 2.24) is 5.32 Å². The lowest BCUT2D eigenvalue weighted by Gasteiger charge is -2.41. The van der Waals surface area contributed by atoms with E-state index in [0.29, 0.717) is 31.1 Å². The fourth-order valence-corrected chi connectivity index (χ4v) is 2.55. The van der Waals surface area contributed by atoms with Gasteiger partial charge >= 0.3 is 6.03 Å². The zero-order chi connectivity index (χ0) is 17.4. The van der Waals surface area contributed by atoms with E-state index in [4.69, 9.17) is 25.4 Å². The number of benzene rings is 1. The average molecular weight is 334 g/mol. The number of urea groups is 1. The first-order valence-electron chi connectivity index (χ1n) is 7.55. The minimum Gasteiger partial charge on any atom is -0.481 e. The van der Waals surface area contributed by atoms with Gasteiger partial charge in [-0.15, -0.1) is 6.42 Å². The van der Waals surface area contributed by atoms with Crippen LogP contribution in [0.25, 0.3) is 0 Å². The highest BCUT2D eigenvalue weighted by Crippen LogP contribution is 2.26. The van der Waals surface area contributed by atoms with Gasteiger partial charge in [-0.25, -0.2) is 4.79 Å². The van der Waals surface area contributed by atoms with Crippen LogP contribution < -0.4 is 15.4 Å². The molecule has 2 rings (SSSR count). The Hall–Kier alpha value is -2.27. The second-order valence-electron chi connectivity index (χ2n) is 5.22. The topological polar surface area (TPSA) is 78.1 Å². The molecule has 2 amide bonds. The fourth-order valence-electron chi connectivity index (χ4n) is 2.55. The van der Waals surface area contributed by atoms with Crippen LogP contribution in [0.15, 0.2) is 24.3 Å². The molecule has 7 nitrogen and oxygen atoms in total. The van der Waals surface area contributed by atoms with Gasteiger partial charge in [0.05, 0.1) is 13.2 Å². The summed E-state index contributed by atoms with van der Waals surface area (Å²) in [4.78, 5) is 12.3. The summed E-state index contributed by atoms with van der Waals surface area (Å²) in [5.74, 6) is 2.07. The number of carbonyl (C=O) groups excluding carboxylic acids is 1. The summed E-state index contributed by atoms with van der Waals surface area (Å²) in [6.45, 7) is 0.982. The molecule has 1 aliphatic heterocycles. The Bertz CT molecular complexity index is 595. The third-order valence-corrected chi connectivity index (χ3v) is 3.82. The molecule has 1 unspecified atom stereocenters. The highest BCUT2D eigenvalue weighted by molar-refractivity contribution is 5.89. The van der Waals surface area contributed by atoms with Gasteiger partial charge in [-0.05, 0) is 12.1 Å². The molecule has 0 saturated carbocycles. The van der Waals surface area contributed by atoms with E-state index in [1.54, 1.807) is 38.5 Å². The van der Waals surface area contributed by atoms with Crippen molar-refractivity contribution in [3.05, 3.63) is 24.3 Å². The molecule has 130 valence electrons. The Morgan fingerprint density at radius 3 is 2.96 bits per heavy atom. The van der Waals surface area contributed by atoms with Crippen LogP contribution in [0.2, 0.25) is 0 Å². The molecule has 1 heterocycles. The number of hydrogen-bond donors (Lipinski definition) is 2. The third-order valence-electron chi connectivity index (χ3n) is 3.82. The summed E-state index contributed by atoms with van der Waals surface area (Å²) >= 11 is 0. The van der Waals surface area contributed by atoms with E-state index in [2.05, 4.69) is 16.6 Å². The summed E-state index contributed by atoms with van der Waals surface area (Å²) < 4.78 is 21.7. The lowest BCUT2D eigenvalue weighted by Crippen LogP contribution is -2.60. The van der Waals surface area contributed by atoms with Crippen molar-refractivity contribution in [3.63, 3.8) is 0 Å². The van der Waals surface area contributed by atoms with E-state index in [1.165, 1.54) is 0 Å². The van der Waals surface area contributed by atoms with Crippen LogP contribution in [0.4, 0.5) is 10.5 Å². The molecule has 1 aromatic carbocycles. The lowest BCUT2D eigenvalue weighted by molar-refractivity contribution is -0.256. The number of nitrogens with one attached hydrogen (secondary N) is 2. The minimum absolute atomic E-state index is 0.166. The lowest BCUT2D eigenvalue weighted by atomic mass is 10.0. The highest BCUT2D eigenvalue weighted by atomic mass is 16.7. The van der Waals surface area contributed by atoms with Crippen molar-refractivity contribution in [2.24, 2.45) is 0 Å². The predicted octanol–water partition coefficient (Wildman–Crippen LogP) is 1.60. The van der Waals surface area contributed by atoms with Crippen molar-refractivity contribution in [2.45, 2.75) is 18.2 Å². The number of amides is 2. The summed E-state index contributed by atoms with van der Waals surface area (Å²) in [6.07, 6.45) is 5.69. The first-order chi connectivity index (χ1) is 11.6. The van der Waals surface area contributed by atoms with E-state index >= 15 is 0 Å². The van der Waals surface area contributed by atoms with Crippen molar-refractivity contribution in [3.8, 4) is 18.1 Å². The number of hydrogen-bond acceptors (Lipinski definition) is 5. The SMILES string of the molecule is C#CCOc1cccc(NC(=O)NC2COCCC2(OC)OC)c1. The monoisotopic (exact) mass is 334 g/mol. The zero-order valence-corrected chi connectivity index (χ0v) is 13.8. The molecular weight excluding hydrogens is 312 g/mol. The third kappa shape index (κ3) is 4.38. The second-order valence-corrected chi connectivity index (χ2v) is 5.22. The summed E-state index contributed by atoms with van der Waals surface area (Å²) in [5.41, 5.74) is 0.583. The molecule has 0 aromatic heterocycles. The summed E-state index contributed by atoms with van der Waals surface area (Å²) in [6, 6.07) is 6.14. The van der Waals surface area contributed by atoms with Crippen LogP contribution in [0.3, 0.4) is 0 Å². The number of ether oxygens (including phenoxy) is 4. The van der Waals surface area contributed by atoms with E-state index in [-0.39, 0.29) is 6.61 Å². The van der Waals surface area contributed by atoms with E-state index in [9.17, 15) is 4.79 Å². The molecule has 1 atom stereocenters. The van der Waals surface area contributed by atoms with Crippen molar-refractivity contribution in [2.75, 3.05) is 39.4 Å². The molecule has 0 spiro atoms. The quantitative estimate of drug-likeness (QED) is 0.610. The Morgan fingerprint density at radius 2 is 2.25 bits per heavy atom. The average Bonchev–Trinajstić information content (AvgIpc) is 2.61. The standard InChI is InChI=1S/C17H22N2O5/c1-4-9-24-14-7-5-6-13(11-14)18-16(20)19-15-12-23-10-8-17(15,21-2)22-3/h1,5-7,11,15H,8-10,12H2,2-3H3,(H2,18,19,20). The molecule has 0 aliphatic carbocycles. The van der Waals surface area contributed by atoms with Gasteiger partial charge in [-0.2, -0.15) is 0 Å². The zero-order valence-electron chi connectivity index (χ0n) is 13.8. The summed E-state index contributed by atoms with van der Waals surface area (Å²) in [5, 5.41) is 5.57. The molecule has 1 saturated heterocycles. The molecule has 1 fully saturated rings. The van der Waals surface area contributed by atoms with Crippen LogP contribution in [0.5, 0.6) is 5.75 Å². The Balaban J connectivity index is 1.98. The van der Waals surface area contributed by atoms with E-state index in [0.717, 1.165) is 0 Å². The van der Waals surface area contributed by atoms with Crippen molar-refractivity contribution in [1.29, 1.82) is 0 Å². The molecule has 1 aliphatic rings. The van der Waals surface area contributed by atoms with Crippen LogP contribution >= 0.6 is 0 Å². The molecule has 1 aromatic rings. The number of terminal acetylenes is 1. The fraction of sp³-hybridized carbons (Fsp3) is 0.471. The Labute approximate surface area is 141 Å². The van der Waals surface area contributed by atoms with Gasteiger partial charge in [0.1, 0.15) is 18.4 Å². The molecular formula is C17H22N2O5. The van der Waals surface area contributed by atoms with Gasteiger partial charge in [-0.3, -0.25) is 0 Å². The van der Waals surface area contributed by atoms with Gasteiger partial charge in [0.25, 0.3) is 0 Å². The Morgan fingerprint density at radius 1 is 1.46 bits per heavy atom. The molecule has 0 bridgehead atoms. The molecule has 7 heteroatoms. The first-order valence-corrected chi connectivity index (χ1v) is 7.55. The maximum absolute atomic E-state index is 12.3. The molecule has 0 radical (unpaired) electrons. The second kappa shape index (κ2) is 8.55. The smallest absolute Gasteiger partial charge is 0.319 e. The van der Waals surface area contributed by atoms with Gasteiger partial charge in [0.2, 0.25) is 0 Å². The van der Waals surface area contributed by atoms with Crippen molar-refractivity contribution >= 4 is 11.7 Å². The molecule has 2 N–H and O–H groups in total. The van der Waals surface area contributed by atoms with Crippen LogP contribution in [0, 0.1) is 12.3 Å². The van der Waals surface area contributed by atoms with Gasteiger partial charge in [0, 0.05) is 32.4 Å². The van der Waals surface area contributed by atoms with E-state index in [1.807, 2.05) is 0 Å². The highest BCUT2D eigenvalue weighted by Gasteiger charge is 2.43. The maximum Gasteiger partial charge on any atom is 0.319 e. The molecule has 24 heavy (non-hydrogen) atoms. The van der Waals surface area contributed by atoms with Crippen LogP contribution in [0.1, 0.15) is 6.42 Å². The number of rotatable bonds is 6. The summed E-state index contributed by atoms with van der Waals surface area (Å²) in [7, 11) is 3.10. The largest absolute Gasteiger partial charge is 0.481 e.